The van der Waals surface area contributed by atoms with E-state index in [1.54, 1.807) is 30.3 Å². The molecule has 4 N–H and O–H groups in total. The largest absolute Gasteiger partial charge is 0.295 e. The molecule has 0 aliphatic rings. The Kier molecular flexibility index (Phi) is 6.37. The molecule has 3 aromatic rings. The van der Waals surface area contributed by atoms with E-state index < -0.39 is 37.2 Å². The number of nitro groups is 1. The first-order valence-electron chi connectivity index (χ1n) is 8.80. The highest BCUT2D eigenvalue weighted by molar-refractivity contribution is 7.89. The Morgan fingerprint density at radius 1 is 0.938 bits per heavy atom. The summed E-state index contributed by atoms with van der Waals surface area (Å²) in [5.74, 6) is 4.41. The molecule has 0 fully saturated rings. The van der Waals surface area contributed by atoms with E-state index in [1.807, 2.05) is 0 Å². The van der Waals surface area contributed by atoms with Gasteiger partial charge in [-0.3, -0.25) is 19.7 Å². The van der Waals surface area contributed by atoms with E-state index in [1.165, 1.54) is 12.1 Å². The smallest absolute Gasteiger partial charge is 0.289 e. The number of ketones is 1. The van der Waals surface area contributed by atoms with Crippen molar-refractivity contribution in [1.29, 1.82) is 0 Å². The molecule has 10 nitrogen and oxygen atoms in total. The molecular formula is C20H15ClN4O6S. The van der Waals surface area contributed by atoms with Crippen LogP contribution in [0, 0.1) is 10.1 Å². The number of carbonyl (C=O) groups excluding carboxylic acids is 2. The molecule has 0 unspecified atom stereocenters. The predicted molar refractivity (Wildman–Crippen MR) is 117 cm³/mol. The van der Waals surface area contributed by atoms with Crippen molar-refractivity contribution in [2.24, 2.45) is 11.0 Å². The summed E-state index contributed by atoms with van der Waals surface area (Å²) in [6.45, 7) is 0. The van der Waals surface area contributed by atoms with Gasteiger partial charge in [0, 0.05) is 22.8 Å². The average Bonchev–Trinajstić information content (AvgIpc) is 2.77. The van der Waals surface area contributed by atoms with Gasteiger partial charge in [-0.1, -0.05) is 41.9 Å². The molecule has 32 heavy (non-hydrogen) atoms. The first-order valence-corrected chi connectivity index (χ1v) is 10.7. The Bertz CT molecular complexity index is 1350. The number of halogens is 1. The second kappa shape index (κ2) is 8.85. The molecule has 12 heteroatoms. The lowest BCUT2D eigenvalue weighted by Crippen LogP contribution is -2.38. The van der Waals surface area contributed by atoms with Crippen molar-refractivity contribution in [2.45, 2.75) is 4.90 Å². The number of benzene rings is 3. The number of carbonyl (C=O) groups is 2. The number of hydrogen-bond donors (Lipinski definition) is 2. The van der Waals surface area contributed by atoms with Crippen LogP contribution < -0.4 is 16.0 Å². The lowest BCUT2D eigenvalue weighted by atomic mass is 10.0. The van der Waals surface area contributed by atoms with Crippen LogP contribution in [0.4, 0.5) is 11.4 Å². The van der Waals surface area contributed by atoms with E-state index in [4.69, 9.17) is 22.6 Å². The van der Waals surface area contributed by atoms with Gasteiger partial charge >= 0.3 is 0 Å². The Labute approximate surface area is 187 Å². The van der Waals surface area contributed by atoms with Gasteiger partial charge in [0.05, 0.1) is 9.95 Å². The zero-order chi connectivity index (χ0) is 23.6. The number of hydrazine groups is 1. The molecule has 0 spiro atoms. The summed E-state index contributed by atoms with van der Waals surface area (Å²) in [6, 6.07) is 14.8. The molecule has 3 aromatic carbocycles. The summed E-state index contributed by atoms with van der Waals surface area (Å²) in [7, 11) is -4.23. The monoisotopic (exact) mass is 474 g/mol. The Hall–Kier alpha value is -3.64. The van der Waals surface area contributed by atoms with Crippen LogP contribution >= 0.6 is 11.6 Å². The second-order valence-corrected chi connectivity index (χ2v) is 8.46. The van der Waals surface area contributed by atoms with Gasteiger partial charge in [-0.05, 0) is 30.3 Å². The summed E-state index contributed by atoms with van der Waals surface area (Å²) < 4.78 is 23.3. The van der Waals surface area contributed by atoms with Gasteiger partial charge in [0.2, 0.25) is 10.0 Å². The maximum atomic E-state index is 12.8. The van der Waals surface area contributed by atoms with E-state index in [2.05, 4.69) is 0 Å². The fourth-order valence-corrected chi connectivity index (χ4v) is 3.94. The lowest BCUT2D eigenvalue weighted by molar-refractivity contribution is -0.384. The van der Waals surface area contributed by atoms with Gasteiger partial charge in [-0.15, -0.1) is 0 Å². The van der Waals surface area contributed by atoms with Crippen LogP contribution in [0.15, 0.2) is 71.6 Å². The number of anilines is 1. The van der Waals surface area contributed by atoms with Gasteiger partial charge in [0.1, 0.15) is 10.6 Å². The fraction of sp³-hybridized carbons (Fsp3) is 0. The van der Waals surface area contributed by atoms with Crippen molar-refractivity contribution >= 4 is 44.7 Å². The Balaban J connectivity index is 2.01. The van der Waals surface area contributed by atoms with E-state index in [9.17, 15) is 28.1 Å². The quantitative estimate of drug-likeness (QED) is 0.182. The predicted octanol–water partition coefficient (Wildman–Crippen LogP) is 2.65. The third-order valence-electron chi connectivity index (χ3n) is 4.43. The molecule has 0 saturated carbocycles. The first kappa shape index (κ1) is 23.0. The molecular weight excluding hydrogens is 460 g/mol. The number of hydrogen-bond acceptors (Lipinski definition) is 7. The van der Waals surface area contributed by atoms with Gasteiger partial charge in [0.15, 0.2) is 5.78 Å². The Morgan fingerprint density at radius 2 is 1.56 bits per heavy atom. The lowest BCUT2D eigenvalue weighted by Gasteiger charge is -2.18. The van der Waals surface area contributed by atoms with Crippen LogP contribution in [-0.2, 0) is 10.0 Å². The minimum Gasteiger partial charge on any atom is -0.289 e. The number of nitrogens with zero attached hydrogens (tertiary/aromatic N) is 2. The van der Waals surface area contributed by atoms with Crippen molar-refractivity contribution in [3.05, 3.63) is 98.6 Å². The molecule has 0 radical (unpaired) electrons. The molecule has 0 bridgehead atoms. The number of nitro benzene ring substituents is 1. The molecule has 0 saturated heterocycles. The number of amides is 1. The van der Waals surface area contributed by atoms with Crippen molar-refractivity contribution in [3.8, 4) is 0 Å². The number of primary sulfonamides is 1. The standard InChI is InChI=1S/C20H15ClN4O6S/c21-15-8-6-14(11-18(15)32(23,30)31)20(27)24(22)16-9-7-13(10-17(16)25(28)29)19(26)12-4-2-1-3-5-12/h1-11H,22H2,(H2,23,30,31). The van der Waals surface area contributed by atoms with Crippen LogP contribution in [0.5, 0.6) is 0 Å². The van der Waals surface area contributed by atoms with Crippen molar-refractivity contribution in [1.82, 2.24) is 0 Å². The second-order valence-electron chi connectivity index (χ2n) is 6.52. The van der Waals surface area contributed by atoms with Gasteiger partial charge < -0.3 is 0 Å². The van der Waals surface area contributed by atoms with Gasteiger partial charge in [0.25, 0.3) is 11.6 Å². The first-order chi connectivity index (χ1) is 15.0. The zero-order valence-electron chi connectivity index (χ0n) is 16.1. The van der Waals surface area contributed by atoms with E-state index in [-0.39, 0.29) is 21.8 Å². The summed E-state index contributed by atoms with van der Waals surface area (Å²) in [5, 5.41) is 17.0. The molecule has 0 aromatic heterocycles. The fourth-order valence-electron chi connectivity index (χ4n) is 2.87. The minimum atomic E-state index is -4.23. The van der Waals surface area contributed by atoms with Crippen molar-refractivity contribution in [3.63, 3.8) is 0 Å². The number of nitrogens with two attached hydrogens (primary N) is 2. The van der Waals surface area contributed by atoms with Crippen LogP contribution in [0.2, 0.25) is 5.02 Å². The average molecular weight is 475 g/mol. The SMILES string of the molecule is NN(C(=O)c1ccc(Cl)c(S(N)(=O)=O)c1)c1ccc(C(=O)c2ccccc2)cc1[N+](=O)[O-]. The van der Waals surface area contributed by atoms with Crippen LogP contribution in [0.1, 0.15) is 26.3 Å². The van der Waals surface area contributed by atoms with E-state index in [0.29, 0.717) is 10.6 Å². The van der Waals surface area contributed by atoms with Gasteiger partial charge in [-0.25, -0.2) is 24.4 Å². The Morgan fingerprint density at radius 3 is 2.16 bits per heavy atom. The summed E-state index contributed by atoms with van der Waals surface area (Å²) in [5.41, 5.74) is -0.776. The third kappa shape index (κ3) is 4.65. The highest BCUT2D eigenvalue weighted by Crippen LogP contribution is 2.30. The van der Waals surface area contributed by atoms with E-state index in [0.717, 1.165) is 24.3 Å². The molecule has 3 rings (SSSR count). The third-order valence-corrected chi connectivity index (χ3v) is 5.83. The van der Waals surface area contributed by atoms with Crippen molar-refractivity contribution < 1.29 is 22.9 Å². The number of sulfonamides is 1. The van der Waals surface area contributed by atoms with Crippen LogP contribution in [0.3, 0.4) is 0 Å². The molecule has 0 heterocycles. The van der Waals surface area contributed by atoms with Crippen LogP contribution in [0.25, 0.3) is 0 Å². The molecule has 1 amide bonds. The summed E-state index contributed by atoms with van der Waals surface area (Å²) in [6.07, 6.45) is 0. The summed E-state index contributed by atoms with van der Waals surface area (Å²) >= 11 is 5.81. The normalized spacial score (nSPS) is 11.1. The topological polar surface area (TPSA) is 167 Å². The molecule has 164 valence electrons. The zero-order valence-corrected chi connectivity index (χ0v) is 17.7. The number of rotatable bonds is 6. The minimum absolute atomic E-state index is 0.0236. The maximum Gasteiger partial charge on any atom is 0.295 e. The van der Waals surface area contributed by atoms with Gasteiger partial charge in [-0.2, -0.15) is 0 Å². The highest BCUT2D eigenvalue weighted by atomic mass is 35.5. The van der Waals surface area contributed by atoms with Crippen LogP contribution in [-0.4, -0.2) is 25.0 Å². The van der Waals surface area contributed by atoms with Crippen molar-refractivity contribution in [2.75, 3.05) is 5.01 Å². The maximum absolute atomic E-state index is 12.8. The molecule has 0 aliphatic heterocycles. The van der Waals surface area contributed by atoms with E-state index >= 15 is 0 Å². The highest BCUT2D eigenvalue weighted by Gasteiger charge is 2.26. The summed E-state index contributed by atoms with van der Waals surface area (Å²) in [4.78, 5) is 35.7. The molecule has 0 atom stereocenters. The molecule has 0 aliphatic carbocycles.